The summed E-state index contributed by atoms with van der Waals surface area (Å²) < 4.78 is 0. The molecule has 0 aromatic heterocycles. The molecule has 0 radical (unpaired) electrons. The van der Waals surface area contributed by atoms with E-state index in [0.29, 0.717) is 12.8 Å². The van der Waals surface area contributed by atoms with E-state index in [-0.39, 0.29) is 0 Å². The Morgan fingerprint density at radius 2 is 0.421 bits per heavy atom. The van der Waals surface area contributed by atoms with Crippen molar-refractivity contribution in [3.8, 4) is 11.1 Å². The van der Waals surface area contributed by atoms with Crippen LogP contribution in [-0.4, -0.2) is 11.3 Å². The van der Waals surface area contributed by atoms with Gasteiger partial charge in [0.2, 0.25) is 0 Å². The van der Waals surface area contributed by atoms with Crippen LogP contribution in [0.5, 0.6) is 0 Å². The van der Waals surface area contributed by atoms with Crippen molar-refractivity contribution in [1.82, 2.24) is 0 Å². The molecule has 12 rings (SSSR count). The normalized spacial score (nSPS) is 16.7. The molecule has 2 aliphatic rings. The molecule has 10 aromatic rings. The lowest BCUT2D eigenvalue weighted by atomic mass is 9.88. The fourth-order valence-electron chi connectivity index (χ4n) is 11.2. The van der Waals surface area contributed by atoms with Gasteiger partial charge >= 0.3 is 0 Å². The third-order valence-corrected chi connectivity index (χ3v) is 14.7. The quantitative estimate of drug-likeness (QED) is 0.0949. The largest absolute Gasteiger partial charge is 0.314 e. The summed E-state index contributed by atoms with van der Waals surface area (Å²) in [5.74, 6) is 0. The summed E-state index contributed by atoms with van der Waals surface area (Å²) in [4.78, 5) is 10.0. The summed E-state index contributed by atoms with van der Waals surface area (Å²) in [5.41, 5.74) is 14.5. The number of benzene rings is 10. The molecule has 0 saturated heterocycles. The van der Waals surface area contributed by atoms with E-state index in [1.165, 1.54) is 22.3 Å². The van der Waals surface area contributed by atoms with Gasteiger partial charge in [-0.3, -0.25) is 0 Å². The van der Waals surface area contributed by atoms with Gasteiger partial charge in [0.05, 0.1) is 0 Å². The van der Waals surface area contributed by atoms with E-state index in [1.807, 2.05) is 0 Å². The Hall–Kier alpha value is -9.64. The average molecular weight is 979 g/mol. The molecule has 2 aliphatic carbocycles. The summed E-state index contributed by atoms with van der Waals surface area (Å²) in [7, 11) is 0. The summed E-state index contributed by atoms with van der Waals surface area (Å²) >= 11 is 0. The average Bonchev–Trinajstić information content (AvgIpc) is 3.52. The van der Waals surface area contributed by atoms with Crippen molar-refractivity contribution in [1.29, 1.82) is 0 Å². The van der Waals surface area contributed by atoms with E-state index >= 15 is 0 Å². The van der Waals surface area contributed by atoms with Gasteiger partial charge in [-0.2, -0.15) is 0 Å². The molecule has 0 N–H and O–H groups in total. The third kappa shape index (κ3) is 9.34. The Morgan fingerprint density at radius 1 is 0.211 bits per heavy atom. The van der Waals surface area contributed by atoms with Crippen molar-refractivity contribution < 1.29 is 0 Å². The molecule has 2 atom stereocenters. The van der Waals surface area contributed by atoms with Crippen LogP contribution in [-0.2, 0) is 0 Å². The van der Waals surface area contributed by atoms with Gasteiger partial charge in [0.1, 0.15) is 11.3 Å². The zero-order valence-corrected chi connectivity index (χ0v) is 42.4. The van der Waals surface area contributed by atoms with Gasteiger partial charge in [-0.25, -0.2) is 0 Å². The lowest BCUT2D eigenvalue weighted by Crippen LogP contribution is -2.57. The van der Waals surface area contributed by atoms with Crippen LogP contribution in [0, 0.1) is 0 Å². The van der Waals surface area contributed by atoms with E-state index in [9.17, 15) is 0 Å². The van der Waals surface area contributed by atoms with E-state index in [2.05, 4.69) is 347 Å². The van der Waals surface area contributed by atoms with E-state index in [0.717, 1.165) is 56.6 Å². The van der Waals surface area contributed by atoms with Crippen LogP contribution in [0.2, 0.25) is 0 Å². The maximum Gasteiger partial charge on any atom is 0.145 e. The molecule has 0 fully saturated rings. The number of allylic oxidation sites excluding steroid dienone is 4. The van der Waals surface area contributed by atoms with Gasteiger partial charge in [-0.05, 0) is 143 Å². The smallest absolute Gasteiger partial charge is 0.145 e. The molecule has 4 nitrogen and oxygen atoms in total. The van der Waals surface area contributed by atoms with Crippen molar-refractivity contribution in [2.45, 2.75) is 24.2 Å². The molecule has 366 valence electrons. The van der Waals surface area contributed by atoms with Crippen LogP contribution in [0.1, 0.15) is 24.0 Å². The Bertz CT molecular complexity index is 3280. The maximum atomic E-state index is 2.52. The first-order chi connectivity index (χ1) is 37.7. The summed E-state index contributed by atoms with van der Waals surface area (Å²) in [6.45, 7) is 0. The molecule has 10 aromatic carbocycles. The van der Waals surface area contributed by atoms with Crippen LogP contribution in [0.25, 0.3) is 22.3 Å². The molecule has 0 bridgehead atoms. The zero-order valence-electron chi connectivity index (χ0n) is 42.4. The minimum Gasteiger partial charge on any atom is -0.314 e. The topological polar surface area (TPSA) is 13.0 Å². The Labute approximate surface area is 448 Å². The number of anilines is 8. The lowest BCUT2D eigenvalue weighted by molar-refractivity contribution is 0.526. The van der Waals surface area contributed by atoms with E-state index in [4.69, 9.17) is 0 Å². The standard InChI is InChI=1S/C72H58N4/c1-9-25-57(26-10-1)61-49-53-71(54-50-61,73(63-29-13-3-14-30-63)64-31-15-4-16-32-64)75(67-37-21-7-22-38-67)69-45-41-59(42-46-69)60-43-47-70(48-44-60)76(68-39-23-8-24-40-68)72(55-51-62(52-56-72)58-27-11-2-12-28-58)74(65-33-17-5-18-34-65)66-35-19-6-20-36-66/h1-53,55H,54,56H2. The van der Waals surface area contributed by atoms with Crippen LogP contribution < -0.4 is 19.6 Å². The number of nitrogens with zero attached hydrogens (tertiary/aromatic N) is 4. The summed E-state index contributed by atoms with van der Waals surface area (Å²) in [6.07, 6.45) is 15.7. The SMILES string of the molecule is C1=CC(N(c2ccccc2)c2ccccc2)(N(c2ccccc2)c2ccc(-c3ccc(N(c4ccccc4)C4(N(c5ccccc5)c5ccccc5)C=CC(c5ccccc5)=CC4)cc3)cc2)CC=C1c1ccccc1. The first-order valence-corrected chi connectivity index (χ1v) is 26.3. The van der Waals surface area contributed by atoms with Gasteiger partial charge in [0, 0.05) is 58.3 Å². The molecular formula is C72H58N4. The van der Waals surface area contributed by atoms with Crippen molar-refractivity contribution in [2.75, 3.05) is 19.6 Å². The van der Waals surface area contributed by atoms with Crippen LogP contribution in [0.15, 0.2) is 328 Å². The second-order valence-corrected chi connectivity index (χ2v) is 19.3. The fourth-order valence-corrected chi connectivity index (χ4v) is 11.2. The molecule has 0 aliphatic heterocycles. The highest BCUT2D eigenvalue weighted by Gasteiger charge is 2.45. The number of para-hydroxylation sites is 6. The monoisotopic (exact) mass is 978 g/mol. The first-order valence-electron chi connectivity index (χ1n) is 26.3. The van der Waals surface area contributed by atoms with E-state index < -0.39 is 11.3 Å². The second kappa shape index (κ2) is 21.4. The molecule has 0 amide bonds. The maximum absolute atomic E-state index is 2.52. The highest BCUT2D eigenvalue weighted by atomic mass is 15.4. The highest BCUT2D eigenvalue weighted by Crippen LogP contribution is 2.50. The van der Waals surface area contributed by atoms with Gasteiger partial charge in [-0.1, -0.05) is 218 Å². The van der Waals surface area contributed by atoms with Gasteiger partial charge in [0.25, 0.3) is 0 Å². The fraction of sp³-hybridized carbons (Fsp3) is 0.0556. The predicted molar refractivity (Wildman–Crippen MR) is 321 cm³/mol. The Kier molecular flexibility index (Phi) is 13.4. The predicted octanol–water partition coefficient (Wildman–Crippen LogP) is 18.8. The number of rotatable bonds is 15. The minimum absolute atomic E-state index is 0.694. The molecule has 4 heteroatoms. The zero-order chi connectivity index (χ0) is 51.0. The number of hydrogen-bond donors (Lipinski definition) is 0. The van der Waals surface area contributed by atoms with Crippen molar-refractivity contribution in [3.63, 3.8) is 0 Å². The van der Waals surface area contributed by atoms with Crippen LogP contribution in [0.4, 0.5) is 45.5 Å². The highest BCUT2D eigenvalue weighted by molar-refractivity contribution is 5.85. The molecule has 76 heavy (non-hydrogen) atoms. The number of hydrogen-bond acceptors (Lipinski definition) is 4. The van der Waals surface area contributed by atoms with Gasteiger partial charge in [0.15, 0.2) is 0 Å². The van der Waals surface area contributed by atoms with Gasteiger partial charge in [-0.15, -0.1) is 0 Å². The summed E-state index contributed by atoms with van der Waals surface area (Å²) in [5, 5.41) is 0. The van der Waals surface area contributed by atoms with E-state index in [1.54, 1.807) is 0 Å². The molecule has 0 spiro atoms. The van der Waals surface area contributed by atoms with Crippen molar-refractivity contribution >= 4 is 56.6 Å². The van der Waals surface area contributed by atoms with Crippen LogP contribution >= 0.6 is 0 Å². The molecule has 2 unspecified atom stereocenters. The molecule has 0 heterocycles. The third-order valence-electron chi connectivity index (χ3n) is 14.7. The Morgan fingerprint density at radius 3 is 0.632 bits per heavy atom. The first kappa shape index (κ1) is 47.4. The minimum atomic E-state index is -0.694. The summed E-state index contributed by atoms with van der Waals surface area (Å²) in [6, 6.07) is 105. The molecular weight excluding hydrogens is 921 g/mol. The van der Waals surface area contributed by atoms with Gasteiger partial charge < -0.3 is 19.6 Å². The Balaban J connectivity index is 0.960. The van der Waals surface area contributed by atoms with Crippen molar-refractivity contribution in [3.05, 3.63) is 339 Å². The second-order valence-electron chi connectivity index (χ2n) is 19.3. The molecule has 0 saturated carbocycles. The van der Waals surface area contributed by atoms with Crippen molar-refractivity contribution in [2.24, 2.45) is 0 Å². The lowest BCUT2D eigenvalue weighted by Gasteiger charge is -2.52. The van der Waals surface area contributed by atoms with Crippen LogP contribution in [0.3, 0.4) is 0 Å².